The zero-order chi connectivity index (χ0) is 18.9. The number of fused-ring (bicyclic) bond motifs is 5. The van der Waals surface area contributed by atoms with E-state index in [1.165, 1.54) is 6.92 Å². The smallest absolute Gasteiger partial charge is 0.302 e. The molecule has 5 heteroatoms. The highest BCUT2D eigenvalue weighted by Crippen LogP contribution is 2.67. The summed E-state index contributed by atoms with van der Waals surface area (Å²) < 4.78 is 5.67. The van der Waals surface area contributed by atoms with E-state index in [0.717, 1.165) is 32.1 Å². The molecule has 8 atom stereocenters. The number of carbonyl (C=O) groups is 2. The molecule has 0 aromatic heterocycles. The molecule has 0 aromatic carbocycles. The zero-order valence-corrected chi connectivity index (χ0v) is 16.2. The molecular weight excluding hydrogens is 332 g/mol. The van der Waals surface area contributed by atoms with Crippen LogP contribution < -0.4 is 0 Å². The van der Waals surface area contributed by atoms with Crippen molar-refractivity contribution in [2.24, 2.45) is 28.6 Å². The van der Waals surface area contributed by atoms with Gasteiger partial charge in [0, 0.05) is 24.2 Å². The van der Waals surface area contributed by atoms with Gasteiger partial charge in [-0.15, -0.1) is 0 Å². The number of ether oxygens (including phenoxy) is 1. The monoisotopic (exact) mass is 364 g/mol. The van der Waals surface area contributed by atoms with Gasteiger partial charge in [0.2, 0.25) is 0 Å². The second kappa shape index (κ2) is 5.78. The van der Waals surface area contributed by atoms with Crippen LogP contribution in [0.15, 0.2) is 0 Å². The van der Waals surface area contributed by atoms with Crippen molar-refractivity contribution < 1.29 is 24.5 Å². The van der Waals surface area contributed by atoms with E-state index in [2.05, 4.69) is 13.8 Å². The number of esters is 1. The van der Waals surface area contributed by atoms with Gasteiger partial charge in [0.1, 0.15) is 17.8 Å². The first-order valence-corrected chi connectivity index (χ1v) is 10.2. The second-order valence-corrected chi connectivity index (χ2v) is 9.85. The molecule has 4 saturated carbocycles. The molecule has 0 aromatic rings. The molecule has 4 fully saturated rings. The number of hydrogen-bond acceptors (Lipinski definition) is 5. The van der Waals surface area contributed by atoms with Crippen molar-refractivity contribution in [3.8, 4) is 0 Å². The molecule has 0 spiro atoms. The summed E-state index contributed by atoms with van der Waals surface area (Å²) in [6, 6.07) is 0. The average Bonchev–Trinajstić information content (AvgIpc) is 2.90. The van der Waals surface area contributed by atoms with Crippen molar-refractivity contribution in [2.75, 3.05) is 0 Å². The lowest BCUT2D eigenvalue weighted by molar-refractivity contribution is -0.239. The normalized spacial score (nSPS) is 53.4. The van der Waals surface area contributed by atoms with E-state index in [0.29, 0.717) is 37.0 Å². The van der Waals surface area contributed by atoms with E-state index in [9.17, 15) is 19.8 Å². The molecule has 0 amide bonds. The van der Waals surface area contributed by atoms with E-state index < -0.39 is 17.1 Å². The largest absolute Gasteiger partial charge is 0.462 e. The Morgan fingerprint density at radius 1 is 1.08 bits per heavy atom. The van der Waals surface area contributed by atoms with E-state index in [4.69, 9.17) is 4.74 Å². The molecule has 146 valence electrons. The van der Waals surface area contributed by atoms with Crippen molar-refractivity contribution in [3.63, 3.8) is 0 Å². The number of aliphatic hydroxyl groups excluding tert-OH is 1. The number of hydrogen-bond donors (Lipinski definition) is 2. The summed E-state index contributed by atoms with van der Waals surface area (Å²) in [5.74, 6) is 0.873. The lowest BCUT2D eigenvalue weighted by Gasteiger charge is -2.63. The first kappa shape index (κ1) is 18.4. The maximum Gasteiger partial charge on any atom is 0.302 e. The Balaban J connectivity index is 1.64. The summed E-state index contributed by atoms with van der Waals surface area (Å²) in [6.07, 6.45) is 5.04. The van der Waals surface area contributed by atoms with Gasteiger partial charge in [0.25, 0.3) is 0 Å². The van der Waals surface area contributed by atoms with Gasteiger partial charge in [-0.3, -0.25) is 9.59 Å². The van der Waals surface area contributed by atoms with Crippen LogP contribution in [0.4, 0.5) is 0 Å². The maximum atomic E-state index is 12.1. The van der Waals surface area contributed by atoms with E-state index in [-0.39, 0.29) is 23.3 Å². The summed E-state index contributed by atoms with van der Waals surface area (Å²) in [7, 11) is 0. The summed E-state index contributed by atoms with van der Waals surface area (Å²) in [5.41, 5.74) is -1.68. The third-order valence-corrected chi connectivity index (χ3v) is 8.97. The number of aliphatic hydroxyl groups is 2. The molecular formula is C21H32O5. The lowest BCUT2D eigenvalue weighted by Crippen LogP contribution is -2.68. The lowest BCUT2D eigenvalue weighted by atomic mass is 9.43. The van der Waals surface area contributed by atoms with Crippen LogP contribution in [0.1, 0.15) is 72.1 Å². The Labute approximate surface area is 155 Å². The Kier molecular flexibility index (Phi) is 4.09. The predicted molar refractivity (Wildman–Crippen MR) is 95.1 cm³/mol. The van der Waals surface area contributed by atoms with Gasteiger partial charge in [-0.1, -0.05) is 13.8 Å². The summed E-state index contributed by atoms with van der Waals surface area (Å²) >= 11 is 0. The molecule has 3 unspecified atom stereocenters. The number of ketones is 1. The number of Topliss-reactive ketones (excluding diaryl/α,β-unsaturated/α-hetero) is 1. The minimum atomic E-state index is -1.29. The third kappa shape index (κ3) is 2.22. The zero-order valence-electron chi connectivity index (χ0n) is 16.2. The highest BCUT2D eigenvalue weighted by atomic mass is 16.5. The first-order valence-electron chi connectivity index (χ1n) is 10.2. The Morgan fingerprint density at radius 2 is 1.81 bits per heavy atom. The molecule has 4 aliphatic rings. The van der Waals surface area contributed by atoms with Gasteiger partial charge < -0.3 is 14.9 Å². The average molecular weight is 364 g/mol. The molecule has 0 bridgehead atoms. The SMILES string of the molecule is CC(=O)OC1CC[C@H]2[C@@H]3CCC4(O)C(O)C(=O)CC[C@]4(C)[C@H]3CC[C@]12C. The molecule has 5 nitrogen and oxygen atoms in total. The first-order chi connectivity index (χ1) is 12.1. The standard InChI is InChI=1S/C21H32O5/c1-12(22)26-17-5-4-14-13-6-11-21(25)18(24)16(23)8-10-20(21,3)15(13)7-9-19(14,17)2/h13-15,17-18,24-25H,4-11H2,1-3H3/t13-,14-,15-,17?,18?,19-,20+,21?/m0/s1. The van der Waals surface area contributed by atoms with Crippen molar-refractivity contribution in [1.82, 2.24) is 0 Å². The number of carbonyl (C=O) groups excluding carboxylic acids is 2. The maximum absolute atomic E-state index is 12.1. The van der Waals surface area contributed by atoms with Crippen LogP contribution in [0.5, 0.6) is 0 Å². The van der Waals surface area contributed by atoms with Crippen LogP contribution in [0, 0.1) is 28.6 Å². The molecule has 4 aliphatic carbocycles. The molecule has 0 radical (unpaired) electrons. The van der Waals surface area contributed by atoms with Gasteiger partial charge >= 0.3 is 5.97 Å². The number of rotatable bonds is 1. The van der Waals surface area contributed by atoms with Crippen molar-refractivity contribution in [3.05, 3.63) is 0 Å². The fraction of sp³-hybridized carbons (Fsp3) is 0.905. The summed E-state index contributed by atoms with van der Waals surface area (Å²) in [4.78, 5) is 23.6. The van der Waals surface area contributed by atoms with Gasteiger partial charge in [-0.2, -0.15) is 0 Å². The topological polar surface area (TPSA) is 83.8 Å². The highest BCUT2D eigenvalue weighted by Gasteiger charge is 2.67. The van der Waals surface area contributed by atoms with E-state index in [1.807, 2.05) is 0 Å². The van der Waals surface area contributed by atoms with E-state index in [1.54, 1.807) is 0 Å². The highest BCUT2D eigenvalue weighted by molar-refractivity contribution is 5.85. The van der Waals surface area contributed by atoms with Crippen LogP contribution in [-0.2, 0) is 14.3 Å². The molecule has 4 rings (SSSR count). The Morgan fingerprint density at radius 3 is 2.50 bits per heavy atom. The minimum Gasteiger partial charge on any atom is -0.462 e. The van der Waals surface area contributed by atoms with Crippen molar-refractivity contribution in [2.45, 2.75) is 89.9 Å². The van der Waals surface area contributed by atoms with Crippen LogP contribution >= 0.6 is 0 Å². The van der Waals surface area contributed by atoms with E-state index >= 15 is 0 Å². The van der Waals surface area contributed by atoms with Gasteiger partial charge in [-0.25, -0.2) is 0 Å². The molecule has 0 aliphatic heterocycles. The fourth-order valence-corrected chi connectivity index (χ4v) is 7.46. The fourth-order valence-electron chi connectivity index (χ4n) is 7.46. The molecule has 0 heterocycles. The molecule has 0 saturated heterocycles. The van der Waals surface area contributed by atoms with Crippen molar-refractivity contribution >= 4 is 11.8 Å². The molecule has 2 N–H and O–H groups in total. The Bertz CT molecular complexity index is 632. The van der Waals surface area contributed by atoms with Gasteiger partial charge in [0.05, 0.1) is 0 Å². The molecule has 26 heavy (non-hydrogen) atoms. The van der Waals surface area contributed by atoms with Crippen LogP contribution in [0.2, 0.25) is 0 Å². The predicted octanol–water partition coefficient (Wildman–Crippen LogP) is 2.62. The van der Waals surface area contributed by atoms with Crippen molar-refractivity contribution in [1.29, 1.82) is 0 Å². The van der Waals surface area contributed by atoms with Gasteiger partial charge in [-0.05, 0) is 62.7 Å². The third-order valence-electron chi connectivity index (χ3n) is 8.97. The summed E-state index contributed by atoms with van der Waals surface area (Å²) in [6.45, 7) is 5.86. The Hall–Kier alpha value is -0.940. The summed E-state index contributed by atoms with van der Waals surface area (Å²) in [5, 5.41) is 21.9. The van der Waals surface area contributed by atoms with Gasteiger partial charge in [0.15, 0.2) is 5.78 Å². The minimum absolute atomic E-state index is 0.00177. The quantitative estimate of drug-likeness (QED) is 0.699. The van der Waals surface area contributed by atoms with Crippen LogP contribution in [0.25, 0.3) is 0 Å². The second-order valence-electron chi connectivity index (χ2n) is 9.85. The van der Waals surface area contributed by atoms with Crippen LogP contribution in [-0.4, -0.2) is 39.8 Å². The van der Waals surface area contributed by atoms with Crippen LogP contribution in [0.3, 0.4) is 0 Å².